The summed E-state index contributed by atoms with van der Waals surface area (Å²) in [6.07, 6.45) is 0. The van der Waals surface area contributed by atoms with Gasteiger partial charge in [0, 0.05) is 7.11 Å². The minimum absolute atomic E-state index is 0.00305. The van der Waals surface area contributed by atoms with Gasteiger partial charge in [0.15, 0.2) is 0 Å². The fourth-order valence-corrected chi connectivity index (χ4v) is 0.872. The van der Waals surface area contributed by atoms with Gasteiger partial charge in [-0.25, -0.2) is 4.79 Å². The summed E-state index contributed by atoms with van der Waals surface area (Å²) in [4.78, 5) is 14.9. The summed E-state index contributed by atoms with van der Waals surface area (Å²) >= 11 is 0. The molecule has 0 radical (unpaired) electrons. The lowest BCUT2D eigenvalue weighted by Crippen LogP contribution is -2.13. The number of nitrogens with zero attached hydrogens (tertiary/aromatic N) is 2. The predicted molar refractivity (Wildman–Crippen MR) is 53.8 cm³/mol. The van der Waals surface area contributed by atoms with Crippen molar-refractivity contribution in [2.24, 2.45) is 0 Å². The number of nitrogens with two attached hydrogens (primary N) is 1. The molecule has 8 heteroatoms. The number of esters is 1. The van der Waals surface area contributed by atoms with Gasteiger partial charge in [-0.3, -0.25) is 5.10 Å². The highest BCUT2D eigenvalue weighted by atomic mass is 16.6. The Balaban J connectivity index is 2.11. The molecule has 0 aliphatic rings. The molecule has 0 saturated heterocycles. The third-order valence-corrected chi connectivity index (χ3v) is 1.59. The number of hydrogen-bond donors (Lipinski definition) is 2. The maximum Gasteiger partial charge on any atom is 0.376 e. The van der Waals surface area contributed by atoms with Crippen LogP contribution >= 0.6 is 0 Å². The van der Waals surface area contributed by atoms with Crippen molar-refractivity contribution < 1.29 is 19.0 Å². The van der Waals surface area contributed by atoms with Gasteiger partial charge in [-0.15, -0.1) is 5.10 Å². The summed E-state index contributed by atoms with van der Waals surface area (Å²) in [6, 6.07) is 0. The molecule has 0 unspecified atom stereocenters. The molecule has 90 valence electrons. The summed E-state index contributed by atoms with van der Waals surface area (Å²) in [7, 11) is 1.58. The zero-order chi connectivity index (χ0) is 11.8. The fraction of sp³-hybridized carbons (Fsp3) is 0.625. The molecule has 1 heterocycles. The van der Waals surface area contributed by atoms with Crippen LogP contribution in [0.3, 0.4) is 0 Å². The minimum Gasteiger partial charge on any atom is -0.457 e. The van der Waals surface area contributed by atoms with Crippen LogP contribution in [0.2, 0.25) is 0 Å². The number of rotatable bonds is 7. The van der Waals surface area contributed by atoms with E-state index in [-0.39, 0.29) is 18.4 Å². The van der Waals surface area contributed by atoms with Crippen molar-refractivity contribution in [2.75, 3.05) is 39.3 Å². The molecule has 0 aliphatic carbocycles. The van der Waals surface area contributed by atoms with E-state index >= 15 is 0 Å². The number of carbonyl (C=O) groups excluding carboxylic acids is 1. The number of nitrogen functional groups attached to an aromatic ring is 1. The zero-order valence-corrected chi connectivity index (χ0v) is 8.93. The first-order chi connectivity index (χ1) is 7.74. The van der Waals surface area contributed by atoms with Gasteiger partial charge in [0.05, 0.1) is 19.8 Å². The molecular formula is C8H14N4O4. The van der Waals surface area contributed by atoms with E-state index in [1.807, 2.05) is 0 Å². The number of hydrogen-bond acceptors (Lipinski definition) is 7. The molecule has 0 fully saturated rings. The van der Waals surface area contributed by atoms with E-state index in [9.17, 15) is 4.79 Å². The molecule has 0 bridgehead atoms. The van der Waals surface area contributed by atoms with E-state index in [1.165, 1.54) is 0 Å². The molecule has 1 rings (SSSR count). The Kier molecular flexibility index (Phi) is 5.23. The molecule has 0 amide bonds. The number of methoxy groups -OCH3 is 1. The lowest BCUT2D eigenvalue weighted by molar-refractivity contribution is 0.0205. The van der Waals surface area contributed by atoms with E-state index in [1.54, 1.807) is 7.11 Å². The van der Waals surface area contributed by atoms with Crippen molar-refractivity contribution in [3.05, 3.63) is 5.82 Å². The highest BCUT2D eigenvalue weighted by Gasteiger charge is 2.11. The van der Waals surface area contributed by atoms with E-state index in [2.05, 4.69) is 15.2 Å². The van der Waals surface area contributed by atoms with Crippen LogP contribution in [0.1, 0.15) is 10.6 Å². The Morgan fingerprint density at radius 1 is 1.38 bits per heavy atom. The number of H-pyrrole nitrogens is 1. The molecule has 16 heavy (non-hydrogen) atoms. The first-order valence-corrected chi connectivity index (χ1v) is 4.65. The quantitative estimate of drug-likeness (QED) is 0.466. The third-order valence-electron chi connectivity index (χ3n) is 1.59. The smallest absolute Gasteiger partial charge is 0.376 e. The van der Waals surface area contributed by atoms with E-state index < -0.39 is 5.97 Å². The van der Waals surface area contributed by atoms with Crippen molar-refractivity contribution >= 4 is 11.9 Å². The predicted octanol–water partition coefficient (Wildman–Crippen LogP) is -0.793. The molecule has 0 aliphatic heterocycles. The minimum atomic E-state index is -0.612. The van der Waals surface area contributed by atoms with Crippen LogP contribution in [-0.4, -0.2) is 54.7 Å². The summed E-state index contributed by atoms with van der Waals surface area (Å²) in [5.74, 6) is -0.628. The number of ether oxygens (including phenoxy) is 3. The number of carbonyl (C=O) groups is 1. The van der Waals surface area contributed by atoms with Crippen LogP contribution in [0.5, 0.6) is 0 Å². The van der Waals surface area contributed by atoms with Gasteiger partial charge >= 0.3 is 5.97 Å². The third kappa shape index (κ3) is 4.24. The van der Waals surface area contributed by atoms with Crippen LogP contribution in [0, 0.1) is 0 Å². The van der Waals surface area contributed by atoms with Crippen LogP contribution in [0.15, 0.2) is 0 Å². The molecule has 0 atom stereocenters. The highest BCUT2D eigenvalue weighted by molar-refractivity contribution is 5.85. The van der Waals surface area contributed by atoms with Gasteiger partial charge in [-0.2, -0.15) is 4.98 Å². The van der Waals surface area contributed by atoms with Crippen molar-refractivity contribution in [3.8, 4) is 0 Å². The molecular weight excluding hydrogens is 216 g/mol. The summed E-state index contributed by atoms with van der Waals surface area (Å²) in [5, 5.41) is 5.84. The average molecular weight is 230 g/mol. The molecule has 3 N–H and O–H groups in total. The lowest BCUT2D eigenvalue weighted by Gasteiger charge is -2.03. The normalized spacial score (nSPS) is 10.3. The van der Waals surface area contributed by atoms with E-state index in [4.69, 9.17) is 19.9 Å². The zero-order valence-electron chi connectivity index (χ0n) is 8.93. The van der Waals surface area contributed by atoms with Crippen molar-refractivity contribution in [1.82, 2.24) is 15.2 Å². The molecule has 0 aromatic carbocycles. The van der Waals surface area contributed by atoms with Crippen molar-refractivity contribution in [3.63, 3.8) is 0 Å². The summed E-state index contributed by atoms with van der Waals surface area (Å²) < 4.78 is 14.7. The molecule has 1 aromatic rings. The van der Waals surface area contributed by atoms with Crippen LogP contribution < -0.4 is 5.73 Å². The Morgan fingerprint density at radius 3 is 2.75 bits per heavy atom. The second kappa shape index (κ2) is 6.75. The average Bonchev–Trinajstić information content (AvgIpc) is 2.70. The number of aromatic nitrogens is 3. The Bertz CT molecular complexity index is 328. The molecule has 8 nitrogen and oxygen atoms in total. The Hall–Kier alpha value is -1.67. The largest absolute Gasteiger partial charge is 0.457 e. The topological polar surface area (TPSA) is 112 Å². The number of anilines is 1. The molecule has 0 spiro atoms. The second-order valence-corrected chi connectivity index (χ2v) is 2.78. The monoisotopic (exact) mass is 230 g/mol. The van der Waals surface area contributed by atoms with Gasteiger partial charge in [-0.1, -0.05) is 0 Å². The standard InChI is InChI=1S/C8H14N4O4/c1-14-2-3-15-4-5-16-7(13)6-10-8(9)12-11-6/h2-5H2,1H3,(H3,9,10,11,12). The lowest BCUT2D eigenvalue weighted by atomic mass is 10.6. The van der Waals surface area contributed by atoms with Gasteiger partial charge in [0.1, 0.15) is 6.61 Å². The van der Waals surface area contributed by atoms with Crippen molar-refractivity contribution in [1.29, 1.82) is 0 Å². The Labute approximate surface area is 92.1 Å². The van der Waals surface area contributed by atoms with E-state index in [0.717, 1.165) is 0 Å². The number of nitrogens with one attached hydrogen (secondary N) is 1. The highest BCUT2D eigenvalue weighted by Crippen LogP contribution is 1.95. The SMILES string of the molecule is COCCOCCOC(=O)c1nc(N)n[nH]1. The first kappa shape index (κ1) is 12.4. The van der Waals surface area contributed by atoms with Gasteiger partial charge in [0.2, 0.25) is 11.8 Å². The fourth-order valence-electron chi connectivity index (χ4n) is 0.872. The second-order valence-electron chi connectivity index (χ2n) is 2.78. The number of aromatic amines is 1. The Morgan fingerprint density at radius 2 is 2.12 bits per heavy atom. The van der Waals surface area contributed by atoms with Gasteiger partial charge in [0.25, 0.3) is 0 Å². The molecule has 1 aromatic heterocycles. The molecule has 0 saturated carbocycles. The van der Waals surface area contributed by atoms with Crippen LogP contribution in [-0.2, 0) is 14.2 Å². The van der Waals surface area contributed by atoms with Gasteiger partial charge in [-0.05, 0) is 0 Å². The van der Waals surface area contributed by atoms with Crippen LogP contribution in [0.4, 0.5) is 5.95 Å². The maximum absolute atomic E-state index is 11.3. The summed E-state index contributed by atoms with van der Waals surface area (Å²) in [6.45, 7) is 1.41. The van der Waals surface area contributed by atoms with Crippen molar-refractivity contribution in [2.45, 2.75) is 0 Å². The maximum atomic E-state index is 11.3. The first-order valence-electron chi connectivity index (χ1n) is 4.65. The van der Waals surface area contributed by atoms with E-state index in [0.29, 0.717) is 19.8 Å². The van der Waals surface area contributed by atoms with Crippen LogP contribution in [0.25, 0.3) is 0 Å². The van der Waals surface area contributed by atoms with Gasteiger partial charge < -0.3 is 19.9 Å². The summed E-state index contributed by atoms with van der Waals surface area (Å²) in [5.41, 5.74) is 5.23.